The number of rotatable bonds is 1. The van der Waals surface area contributed by atoms with Gasteiger partial charge in [-0.05, 0) is 55.9 Å². The van der Waals surface area contributed by atoms with E-state index in [4.69, 9.17) is 11.6 Å². The Morgan fingerprint density at radius 2 is 1.93 bits per heavy atom. The first kappa shape index (κ1) is 9.72. The average molecular weight is 208 g/mol. The Labute approximate surface area is 89.8 Å². The molecular formula is C12H14ClN. The highest BCUT2D eigenvalue weighted by Crippen LogP contribution is 2.34. The summed E-state index contributed by atoms with van der Waals surface area (Å²) in [6, 6.07) is 3.99. The van der Waals surface area contributed by atoms with Crippen molar-refractivity contribution in [1.82, 2.24) is 0 Å². The average Bonchev–Trinajstić information content (AvgIpc) is 2.23. The molecule has 2 rings (SSSR count). The second kappa shape index (κ2) is 4.14. The fourth-order valence-corrected chi connectivity index (χ4v) is 2.34. The fourth-order valence-electron chi connectivity index (χ4n) is 2.06. The van der Waals surface area contributed by atoms with E-state index >= 15 is 0 Å². The van der Waals surface area contributed by atoms with Crippen molar-refractivity contribution in [1.29, 1.82) is 0 Å². The maximum Gasteiger partial charge on any atom is 0.0661 e. The molecule has 0 amide bonds. The highest BCUT2D eigenvalue weighted by atomic mass is 35.5. The molecule has 14 heavy (non-hydrogen) atoms. The Hall–Kier alpha value is -0.820. The van der Waals surface area contributed by atoms with Gasteiger partial charge in [-0.15, -0.1) is 0 Å². The molecule has 1 aliphatic rings. The summed E-state index contributed by atoms with van der Waals surface area (Å²) in [7, 11) is 0. The number of halogens is 1. The Morgan fingerprint density at radius 3 is 2.64 bits per heavy atom. The minimum Gasteiger partial charge on any atom is -0.261 e. The van der Waals surface area contributed by atoms with Gasteiger partial charge in [-0.3, -0.25) is 4.99 Å². The molecule has 0 saturated carbocycles. The van der Waals surface area contributed by atoms with Gasteiger partial charge in [0.15, 0.2) is 0 Å². The summed E-state index contributed by atoms with van der Waals surface area (Å²) in [6.45, 7) is 1.95. The van der Waals surface area contributed by atoms with Crippen LogP contribution in [0.25, 0.3) is 0 Å². The monoisotopic (exact) mass is 207 g/mol. The molecule has 1 nitrogen and oxygen atoms in total. The molecule has 0 saturated heterocycles. The van der Waals surface area contributed by atoms with Crippen molar-refractivity contribution in [2.24, 2.45) is 4.99 Å². The molecule has 0 aromatic heterocycles. The van der Waals surface area contributed by atoms with Crippen LogP contribution in [0.1, 0.15) is 30.9 Å². The number of fused-ring (bicyclic) bond motifs is 1. The summed E-state index contributed by atoms with van der Waals surface area (Å²) < 4.78 is 0. The molecule has 1 aromatic rings. The highest BCUT2D eigenvalue weighted by molar-refractivity contribution is 6.31. The number of hydrogen-bond acceptors (Lipinski definition) is 1. The number of hydrogen-bond donors (Lipinski definition) is 0. The molecule has 0 radical (unpaired) electrons. The molecule has 0 atom stereocenters. The van der Waals surface area contributed by atoms with Gasteiger partial charge in [0.2, 0.25) is 0 Å². The molecule has 2 heteroatoms. The van der Waals surface area contributed by atoms with Crippen LogP contribution in [0.15, 0.2) is 17.1 Å². The summed E-state index contributed by atoms with van der Waals surface area (Å²) in [4.78, 5) is 4.38. The zero-order valence-corrected chi connectivity index (χ0v) is 9.14. The summed E-state index contributed by atoms with van der Waals surface area (Å²) >= 11 is 6.16. The van der Waals surface area contributed by atoms with Gasteiger partial charge in [0, 0.05) is 11.2 Å². The zero-order valence-electron chi connectivity index (χ0n) is 8.39. The van der Waals surface area contributed by atoms with Crippen LogP contribution in [0.5, 0.6) is 0 Å². The van der Waals surface area contributed by atoms with Gasteiger partial charge in [-0.25, -0.2) is 0 Å². The van der Waals surface area contributed by atoms with Crippen LogP contribution >= 0.6 is 11.6 Å². The smallest absolute Gasteiger partial charge is 0.0661 e. The third-order valence-electron chi connectivity index (χ3n) is 2.72. The molecule has 0 N–H and O–H groups in total. The van der Waals surface area contributed by atoms with Crippen molar-refractivity contribution in [2.75, 3.05) is 0 Å². The predicted molar refractivity (Wildman–Crippen MR) is 61.9 cm³/mol. The van der Waals surface area contributed by atoms with Gasteiger partial charge in [0.25, 0.3) is 0 Å². The van der Waals surface area contributed by atoms with Crippen molar-refractivity contribution in [2.45, 2.75) is 32.6 Å². The van der Waals surface area contributed by atoms with Crippen molar-refractivity contribution in [3.8, 4) is 0 Å². The summed E-state index contributed by atoms with van der Waals surface area (Å²) in [5, 5.41) is 0.912. The topological polar surface area (TPSA) is 12.4 Å². The van der Waals surface area contributed by atoms with Gasteiger partial charge in [0.1, 0.15) is 0 Å². The van der Waals surface area contributed by atoms with Gasteiger partial charge >= 0.3 is 0 Å². The Kier molecular flexibility index (Phi) is 2.87. The number of nitrogens with zero attached hydrogens (tertiary/aromatic N) is 1. The largest absolute Gasteiger partial charge is 0.261 e. The Morgan fingerprint density at radius 1 is 1.21 bits per heavy atom. The van der Waals surface area contributed by atoms with E-state index in [0.717, 1.165) is 23.6 Å². The summed E-state index contributed by atoms with van der Waals surface area (Å²) in [5.41, 5.74) is 3.79. The van der Waals surface area contributed by atoms with Gasteiger partial charge in [-0.1, -0.05) is 11.6 Å². The van der Waals surface area contributed by atoms with Gasteiger partial charge in [-0.2, -0.15) is 0 Å². The lowest BCUT2D eigenvalue weighted by Crippen LogP contribution is -2.03. The first-order chi connectivity index (χ1) is 6.83. The van der Waals surface area contributed by atoms with Crippen LogP contribution in [0.2, 0.25) is 5.02 Å². The molecule has 0 bridgehead atoms. The van der Waals surface area contributed by atoms with Crippen molar-refractivity contribution < 1.29 is 0 Å². The molecule has 0 aliphatic heterocycles. The minimum absolute atomic E-state index is 0.912. The third kappa shape index (κ3) is 1.69. The van der Waals surface area contributed by atoms with Crippen molar-refractivity contribution >= 4 is 23.5 Å². The fraction of sp³-hybridized carbons (Fsp3) is 0.417. The van der Waals surface area contributed by atoms with Gasteiger partial charge in [0.05, 0.1) is 5.69 Å². The molecule has 0 spiro atoms. The number of benzene rings is 1. The summed E-state index contributed by atoms with van der Waals surface area (Å²) in [5.74, 6) is 0. The van der Waals surface area contributed by atoms with Crippen LogP contribution in [-0.4, -0.2) is 6.21 Å². The van der Waals surface area contributed by atoms with Crippen LogP contribution < -0.4 is 0 Å². The van der Waals surface area contributed by atoms with Crippen LogP contribution in [0.3, 0.4) is 0 Å². The van der Waals surface area contributed by atoms with Crippen molar-refractivity contribution in [3.63, 3.8) is 0 Å². The molecule has 0 unspecified atom stereocenters. The summed E-state index contributed by atoms with van der Waals surface area (Å²) in [6.07, 6.45) is 6.60. The third-order valence-corrected chi connectivity index (χ3v) is 3.08. The number of aliphatic imine (C=N–C) groups is 1. The zero-order chi connectivity index (χ0) is 9.97. The van der Waals surface area contributed by atoms with E-state index in [2.05, 4.69) is 4.99 Å². The predicted octanol–water partition coefficient (Wildman–Crippen LogP) is 3.94. The molecule has 0 fully saturated rings. The van der Waals surface area contributed by atoms with Crippen LogP contribution in [0.4, 0.5) is 5.69 Å². The minimum atomic E-state index is 0.912. The lowest BCUT2D eigenvalue weighted by molar-refractivity contribution is 0.686. The van der Waals surface area contributed by atoms with E-state index < -0.39 is 0 Å². The van der Waals surface area contributed by atoms with E-state index in [-0.39, 0.29) is 0 Å². The standard InChI is InChI=1S/C12H14ClN/c1-2-14-12-8-7-11(13)9-5-3-4-6-10(9)12/h2,7-8H,3-6H2,1H3. The molecule has 0 heterocycles. The normalized spacial score (nSPS) is 15.9. The molecule has 74 valence electrons. The lowest BCUT2D eigenvalue weighted by Gasteiger charge is -2.18. The maximum atomic E-state index is 6.16. The van der Waals surface area contributed by atoms with E-state index in [1.165, 1.54) is 24.0 Å². The molecule has 1 aromatic carbocycles. The highest BCUT2D eigenvalue weighted by Gasteiger charge is 2.15. The first-order valence-corrected chi connectivity index (χ1v) is 5.49. The van der Waals surface area contributed by atoms with Gasteiger partial charge < -0.3 is 0 Å². The Balaban J connectivity index is 2.53. The van der Waals surface area contributed by atoms with E-state index in [1.54, 1.807) is 0 Å². The van der Waals surface area contributed by atoms with E-state index in [9.17, 15) is 0 Å². The SMILES string of the molecule is CC=Nc1ccc(Cl)c2c1CCCC2. The van der Waals surface area contributed by atoms with Crippen molar-refractivity contribution in [3.05, 3.63) is 28.3 Å². The van der Waals surface area contributed by atoms with E-state index in [0.29, 0.717) is 0 Å². The Bertz CT molecular complexity index is 369. The lowest BCUT2D eigenvalue weighted by atomic mass is 9.90. The molecule has 1 aliphatic carbocycles. The second-order valence-electron chi connectivity index (χ2n) is 3.62. The first-order valence-electron chi connectivity index (χ1n) is 5.12. The van der Waals surface area contributed by atoms with E-state index in [1.807, 2.05) is 25.3 Å². The molecular weight excluding hydrogens is 194 g/mol. The van der Waals surface area contributed by atoms with Crippen LogP contribution in [-0.2, 0) is 12.8 Å². The maximum absolute atomic E-state index is 6.16. The quantitative estimate of drug-likeness (QED) is 0.619. The second-order valence-corrected chi connectivity index (χ2v) is 4.03. The van der Waals surface area contributed by atoms with Crippen LogP contribution in [0, 0.1) is 0 Å².